The molecule has 0 bridgehead atoms. The van der Waals surface area contributed by atoms with Crippen molar-refractivity contribution in [1.29, 1.82) is 0 Å². The van der Waals surface area contributed by atoms with Gasteiger partial charge < -0.3 is 14.1 Å². The highest BCUT2D eigenvalue weighted by molar-refractivity contribution is 7.07. The van der Waals surface area contributed by atoms with Gasteiger partial charge in [0.25, 0.3) is 5.91 Å². The van der Waals surface area contributed by atoms with Gasteiger partial charge in [-0.25, -0.2) is 0 Å². The lowest BCUT2D eigenvalue weighted by molar-refractivity contribution is -0.0241. The molecule has 2 atom stereocenters. The highest BCUT2D eigenvalue weighted by atomic mass is 32.1. The van der Waals surface area contributed by atoms with Gasteiger partial charge in [-0.3, -0.25) is 9.69 Å². The number of fused-ring (bicyclic) bond motifs is 1. The predicted molar refractivity (Wildman–Crippen MR) is 92.1 cm³/mol. The predicted octanol–water partition coefficient (Wildman–Crippen LogP) is 2.70. The normalized spacial score (nSPS) is 25.2. The second-order valence-electron chi connectivity index (χ2n) is 6.55. The third kappa shape index (κ3) is 3.41. The number of piperidine rings is 1. The topological polar surface area (TPSA) is 45.9 Å². The summed E-state index contributed by atoms with van der Waals surface area (Å²) in [6.07, 6.45) is 2.83. The molecule has 1 amide bonds. The molecule has 2 aromatic heterocycles. The van der Waals surface area contributed by atoms with Gasteiger partial charge in [0, 0.05) is 32.1 Å². The molecule has 2 aliphatic rings. The van der Waals surface area contributed by atoms with E-state index in [1.165, 1.54) is 5.56 Å². The van der Waals surface area contributed by atoms with Crippen LogP contribution in [0, 0.1) is 5.92 Å². The molecule has 0 N–H and O–H groups in total. The first-order chi connectivity index (χ1) is 11.8. The van der Waals surface area contributed by atoms with Crippen LogP contribution in [0.3, 0.4) is 0 Å². The lowest BCUT2D eigenvalue weighted by Crippen LogP contribution is -2.47. The summed E-state index contributed by atoms with van der Waals surface area (Å²) in [5.74, 6) is 0.804. The van der Waals surface area contributed by atoms with E-state index < -0.39 is 0 Å². The molecule has 4 rings (SSSR count). The fraction of sp³-hybridized carbons (Fsp3) is 0.500. The zero-order valence-electron chi connectivity index (χ0n) is 13.6. The maximum absolute atomic E-state index is 12.5. The molecule has 24 heavy (non-hydrogen) atoms. The lowest BCUT2D eigenvalue weighted by atomic mass is 9.93. The highest BCUT2D eigenvalue weighted by Gasteiger charge is 2.35. The van der Waals surface area contributed by atoms with Crippen LogP contribution >= 0.6 is 11.3 Å². The Bertz CT molecular complexity index is 656. The van der Waals surface area contributed by atoms with E-state index >= 15 is 0 Å². The number of rotatable bonds is 3. The highest BCUT2D eigenvalue weighted by Crippen LogP contribution is 2.26. The molecule has 6 heteroatoms. The van der Waals surface area contributed by atoms with Gasteiger partial charge in [-0.05, 0) is 47.5 Å². The van der Waals surface area contributed by atoms with E-state index in [9.17, 15) is 4.79 Å². The monoisotopic (exact) mass is 346 g/mol. The molecule has 0 saturated carbocycles. The van der Waals surface area contributed by atoms with Crippen LogP contribution in [0.1, 0.15) is 22.5 Å². The number of carbonyl (C=O) groups excluding carboxylic acids is 1. The first-order valence-corrected chi connectivity index (χ1v) is 9.41. The van der Waals surface area contributed by atoms with Gasteiger partial charge in [-0.1, -0.05) is 0 Å². The molecular formula is C18H22N2O3S. The van der Waals surface area contributed by atoms with Crippen molar-refractivity contribution in [2.45, 2.75) is 19.1 Å². The summed E-state index contributed by atoms with van der Waals surface area (Å²) in [5.41, 5.74) is 1.38. The van der Waals surface area contributed by atoms with Crippen molar-refractivity contribution >= 4 is 17.2 Å². The van der Waals surface area contributed by atoms with Crippen molar-refractivity contribution < 1.29 is 13.9 Å². The zero-order valence-corrected chi connectivity index (χ0v) is 14.4. The van der Waals surface area contributed by atoms with Crippen molar-refractivity contribution in [3.63, 3.8) is 0 Å². The van der Waals surface area contributed by atoms with Gasteiger partial charge >= 0.3 is 0 Å². The number of hydrogen-bond acceptors (Lipinski definition) is 5. The van der Waals surface area contributed by atoms with Gasteiger partial charge in [0.1, 0.15) is 0 Å². The minimum Gasteiger partial charge on any atom is -0.459 e. The van der Waals surface area contributed by atoms with Crippen LogP contribution in [-0.4, -0.2) is 54.6 Å². The van der Waals surface area contributed by atoms with Crippen molar-refractivity contribution in [3.05, 3.63) is 46.5 Å². The van der Waals surface area contributed by atoms with Crippen molar-refractivity contribution in [1.82, 2.24) is 9.80 Å². The number of thiophene rings is 1. The summed E-state index contributed by atoms with van der Waals surface area (Å²) in [7, 11) is 0. The Morgan fingerprint density at radius 1 is 1.29 bits per heavy atom. The number of carbonyl (C=O) groups is 1. The molecule has 128 valence electrons. The van der Waals surface area contributed by atoms with Gasteiger partial charge in [0.05, 0.1) is 19.0 Å². The molecule has 4 heterocycles. The Morgan fingerprint density at radius 2 is 2.25 bits per heavy atom. The number of likely N-dealkylation sites (tertiary alicyclic amines) is 1. The van der Waals surface area contributed by atoms with Crippen LogP contribution < -0.4 is 0 Å². The Balaban J connectivity index is 1.38. The summed E-state index contributed by atoms with van der Waals surface area (Å²) in [5, 5.41) is 4.34. The quantitative estimate of drug-likeness (QED) is 0.857. The van der Waals surface area contributed by atoms with Crippen LogP contribution in [0.5, 0.6) is 0 Å². The number of furan rings is 1. The fourth-order valence-corrected chi connectivity index (χ4v) is 4.30. The standard InChI is InChI=1S/C18H22N2O3S/c21-18(16-2-1-7-22-16)20-6-8-23-17-12-19(5-3-15(17)11-20)10-14-4-9-24-13-14/h1-2,4,7,9,13,15,17H,3,5-6,8,10-12H2/t15-,17-/m0/s1. The number of ether oxygens (including phenoxy) is 1. The Hall–Kier alpha value is -1.63. The summed E-state index contributed by atoms with van der Waals surface area (Å²) in [6, 6.07) is 5.68. The average Bonchev–Trinajstić information content (AvgIpc) is 3.25. The zero-order chi connectivity index (χ0) is 16.4. The summed E-state index contributed by atoms with van der Waals surface area (Å²) >= 11 is 1.75. The van der Waals surface area contributed by atoms with Gasteiger partial charge in [0.15, 0.2) is 5.76 Å². The molecule has 2 saturated heterocycles. The summed E-state index contributed by atoms with van der Waals surface area (Å²) in [6.45, 7) is 4.99. The molecule has 2 fully saturated rings. The van der Waals surface area contributed by atoms with Crippen LogP contribution in [0.4, 0.5) is 0 Å². The second kappa shape index (κ2) is 7.09. The molecule has 0 aliphatic carbocycles. The van der Waals surface area contributed by atoms with Crippen molar-refractivity contribution in [3.8, 4) is 0 Å². The molecular weight excluding hydrogens is 324 g/mol. The van der Waals surface area contributed by atoms with Gasteiger partial charge in [-0.2, -0.15) is 11.3 Å². The maximum Gasteiger partial charge on any atom is 0.289 e. The first kappa shape index (κ1) is 15.9. The summed E-state index contributed by atoms with van der Waals surface area (Å²) < 4.78 is 11.4. The third-order valence-electron chi connectivity index (χ3n) is 4.93. The Morgan fingerprint density at radius 3 is 3.04 bits per heavy atom. The van der Waals surface area contributed by atoms with Gasteiger partial charge in [0.2, 0.25) is 0 Å². The molecule has 2 aromatic rings. The molecule has 0 unspecified atom stereocenters. The summed E-state index contributed by atoms with van der Waals surface area (Å²) in [4.78, 5) is 16.9. The van der Waals surface area contributed by atoms with E-state index in [-0.39, 0.29) is 12.0 Å². The lowest BCUT2D eigenvalue weighted by Gasteiger charge is -2.37. The number of amides is 1. The van der Waals surface area contributed by atoms with Crippen LogP contribution in [0.2, 0.25) is 0 Å². The molecule has 5 nitrogen and oxygen atoms in total. The maximum atomic E-state index is 12.5. The van der Waals surface area contributed by atoms with Crippen molar-refractivity contribution in [2.24, 2.45) is 5.92 Å². The SMILES string of the molecule is O=C(c1ccco1)N1CCO[C@H]2CN(Cc3ccsc3)CC[C@H]2C1. The average molecular weight is 346 g/mol. The van der Waals surface area contributed by atoms with E-state index in [4.69, 9.17) is 9.15 Å². The molecule has 0 aromatic carbocycles. The Kier molecular flexibility index (Phi) is 4.69. The van der Waals surface area contributed by atoms with Crippen LogP contribution in [0.15, 0.2) is 39.6 Å². The minimum absolute atomic E-state index is 0.0232. The van der Waals surface area contributed by atoms with Crippen LogP contribution in [0.25, 0.3) is 0 Å². The van der Waals surface area contributed by atoms with Crippen molar-refractivity contribution in [2.75, 3.05) is 32.8 Å². The second-order valence-corrected chi connectivity index (χ2v) is 7.33. The minimum atomic E-state index is -0.0232. The van der Waals surface area contributed by atoms with Gasteiger partial charge in [-0.15, -0.1) is 0 Å². The van der Waals surface area contributed by atoms with E-state index in [1.54, 1.807) is 29.7 Å². The fourth-order valence-electron chi connectivity index (χ4n) is 3.64. The van der Waals surface area contributed by atoms with E-state index in [0.717, 1.165) is 32.6 Å². The molecule has 0 radical (unpaired) electrons. The first-order valence-electron chi connectivity index (χ1n) is 8.47. The number of hydrogen-bond donors (Lipinski definition) is 0. The van der Waals surface area contributed by atoms with E-state index in [2.05, 4.69) is 21.7 Å². The van der Waals surface area contributed by atoms with Crippen LogP contribution in [-0.2, 0) is 11.3 Å². The molecule has 2 aliphatic heterocycles. The number of nitrogens with zero attached hydrogens (tertiary/aromatic N) is 2. The Labute approximate surface area is 145 Å². The van der Waals surface area contributed by atoms with E-state index in [1.807, 2.05) is 4.90 Å². The largest absolute Gasteiger partial charge is 0.459 e. The van der Waals surface area contributed by atoms with E-state index in [0.29, 0.717) is 24.8 Å². The third-order valence-corrected chi connectivity index (χ3v) is 5.67. The smallest absolute Gasteiger partial charge is 0.289 e. The molecule has 0 spiro atoms.